The Hall–Kier alpha value is -2.40. The standard InChI is InChI=1S/C21H29N5/c1-22-21(24-14-12-19-11-5-6-13-23-19)25-17-20(26-15-7-8-16-26)18-9-3-2-4-10-18/h2-6,9-11,13,20H,7-8,12,14-17H2,1H3,(H2,22,24,25). The third-order valence-electron chi connectivity index (χ3n) is 4.85. The number of hydrogen-bond acceptors (Lipinski definition) is 3. The number of benzene rings is 1. The number of nitrogens with zero attached hydrogens (tertiary/aromatic N) is 3. The number of nitrogens with one attached hydrogen (secondary N) is 2. The van der Waals surface area contributed by atoms with Crippen molar-refractivity contribution in [3.8, 4) is 0 Å². The molecule has 1 aromatic carbocycles. The summed E-state index contributed by atoms with van der Waals surface area (Å²) in [5, 5.41) is 6.90. The Morgan fingerprint density at radius 2 is 1.85 bits per heavy atom. The number of rotatable bonds is 7. The molecule has 1 aliphatic heterocycles. The number of likely N-dealkylation sites (tertiary alicyclic amines) is 1. The Kier molecular flexibility index (Phi) is 7.02. The number of pyridine rings is 1. The Balaban J connectivity index is 1.53. The lowest BCUT2D eigenvalue weighted by Crippen LogP contribution is -2.43. The first-order chi connectivity index (χ1) is 12.9. The van der Waals surface area contributed by atoms with Crippen LogP contribution in [0.5, 0.6) is 0 Å². The summed E-state index contributed by atoms with van der Waals surface area (Å²) >= 11 is 0. The van der Waals surface area contributed by atoms with Crippen molar-refractivity contribution in [3.63, 3.8) is 0 Å². The van der Waals surface area contributed by atoms with Crippen molar-refractivity contribution >= 4 is 5.96 Å². The summed E-state index contributed by atoms with van der Waals surface area (Å²) < 4.78 is 0. The molecular weight excluding hydrogens is 322 g/mol. The van der Waals surface area contributed by atoms with E-state index in [2.05, 4.69) is 61.9 Å². The third kappa shape index (κ3) is 5.30. The Morgan fingerprint density at radius 3 is 2.54 bits per heavy atom. The molecule has 26 heavy (non-hydrogen) atoms. The zero-order valence-electron chi connectivity index (χ0n) is 15.6. The van der Waals surface area contributed by atoms with Crippen LogP contribution < -0.4 is 10.6 Å². The lowest BCUT2D eigenvalue weighted by molar-refractivity contribution is 0.245. The molecule has 2 aromatic rings. The summed E-state index contributed by atoms with van der Waals surface area (Å²) in [5.41, 5.74) is 2.46. The van der Waals surface area contributed by atoms with E-state index in [0.29, 0.717) is 6.04 Å². The van der Waals surface area contributed by atoms with E-state index in [0.717, 1.165) is 31.2 Å². The molecule has 5 heteroatoms. The van der Waals surface area contributed by atoms with Crippen LogP contribution in [0.15, 0.2) is 59.7 Å². The van der Waals surface area contributed by atoms with Crippen LogP contribution in [-0.4, -0.2) is 49.1 Å². The monoisotopic (exact) mass is 351 g/mol. The zero-order valence-corrected chi connectivity index (χ0v) is 15.6. The smallest absolute Gasteiger partial charge is 0.191 e. The third-order valence-corrected chi connectivity index (χ3v) is 4.85. The predicted molar refractivity (Wildman–Crippen MR) is 107 cm³/mol. The van der Waals surface area contributed by atoms with Gasteiger partial charge >= 0.3 is 0 Å². The van der Waals surface area contributed by atoms with Crippen molar-refractivity contribution in [2.24, 2.45) is 4.99 Å². The molecule has 0 saturated carbocycles. The SMILES string of the molecule is CN=C(NCCc1ccccn1)NCC(c1ccccc1)N1CCCC1. The second-order valence-corrected chi connectivity index (χ2v) is 6.62. The van der Waals surface area contributed by atoms with E-state index in [1.165, 1.54) is 31.5 Å². The van der Waals surface area contributed by atoms with E-state index in [1.54, 1.807) is 0 Å². The Morgan fingerprint density at radius 1 is 1.08 bits per heavy atom. The van der Waals surface area contributed by atoms with Gasteiger partial charge in [-0.05, 0) is 43.6 Å². The van der Waals surface area contributed by atoms with Gasteiger partial charge in [-0.15, -0.1) is 0 Å². The largest absolute Gasteiger partial charge is 0.356 e. The molecule has 0 aliphatic carbocycles. The molecule has 0 radical (unpaired) electrons. The first-order valence-electron chi connectivity index (χ1n) is 9.50. The fraction of sp³-hybridized carbons (Fsp3) is 0.429. The summed E-state index contributed by atoms with van der Waals surface area (Å²) in [4.78, 5) is 11.3. The number of hydrogen-bond donors (Lipinski definition) is 2. The van der Waals surface area contributed by atoms with Gasteiger partial charge in [0.25, 0.3) is 0 Å². The normalized spacial score (nSPS) is 16.4. The van der Waals surface area contributed by atoms with Crippen molar-refractivity contribution in [1.82, 2.24) is 20.5 Å². The predicted octanol–water partition coefficient (Wildman–Crippen LogP) is 2.63. The lowest BCUT2D eigenvalue weighted by atomic mass is 10.1. The van der Waals surface area contributed by atoms with Gasteiger partial charge in [0.2, 0.25) is 0 Å². The second-order valence-electron chi connectivity index (χ2n) is 6.62. The van der Waals surface area contributed by atoms with Crippen LogP contribution in [0.1, 0.15) is 30.1 Å². The van der Waals surface area contributed by atoms with Crippen molar-refractivity contribution in [1.29, 1.82) is 0 Å². The quantitative estimate of drug-likeness (QED) is 0.595. The molecule has 1 aromatic heterocycles. The molecular formula is C21H29N5. The molecule has 3 rings (SSSR count). The summed E-state index contributed by atoms with van der Waals surface area (Å²) in [6, 6.07) is 17.2. The van der Waals surface area contributed by atoms with Crippen LogP contribution in [0, 0.1) is 0 Å². The van der Waals surface area contributed by atoms with Crippen molar-refractivity contribution in [3.05, 3.63) is 66.0 Å². The van der Waals surface area contributed by atoms with Gasteiger partial charge in [-0.25, -0.2) is 0 Å². The molecule has 1 unspecified atom stereocenters. The van der Waals surface area contributed by atoms with Gasteiger partial charge < -0.3 is 10.6 Å². The van der Waals surface area contributed by atoms with Crippen LogP contribution in [0.3, 0.4) is 0 Å². The molecule has 138 valence electrons. The summed E-state index contributed by atoms with van der Waals surface area (Å²) in [5.74, 6) is 0.848. The molecule has 0 bridgehead atoms. The van der Waals surface area contributed by atoms with Crippen LogP contribution >= 0.6 is 0 Å². The molecule has 1 saturated heterocycles. The minimum atomic E-state index is 0.382. The second kappa shape index (κ2) is 9.92. The number of aromatic nitrogens is 1. The maximum absolute atomic E-state index is 4.37. The maximum Gasteiger partial charge on any atom is 0.191 e. The van der Waals surface area contributed by atoms with E-state index in [9.17, 15) is 0 Å². The topological polar surface area (TPSA) is 52.6 Å². The molecule has 2 heterocycles. The highest BCUT2D eigenvalue weighted by molar-refractivity contribution is 5.79. The summed E-state index contributed by atoms with van der Waals surface area (Å²) in [6.07, 6.45) is 5.31. The molecule has 1 aliphatic rings. The van der Waals surface area contributed by atoms with Crippen molar-refractivity contribution < 1.29 is 0 Å². The molecule has 2 N–H and O–H groups in total. The highest BCUT2D eigenvalue weighted by atomic mass is 15.2. The van der Waals surface area contributed by atoms with Crippen molar-refractivity contribution in [2.75, 3.05) is 33.2 Å². The highest BCUT2D eigenvalue weighted by Crippen LogP contribution is 2.24. The van der Waals surface area contributed by atoms with E-state index in [4.69, 9.17) is 0 Å². The molecule has 1 atom stereocenters. The van der Waals surface area contributed by atoms with Crippen LogP contribution in [-0.2, 0) is 6.42 Å². The van der Waals surface area contributed by atoms with Gasteiger partial charge in [0.05, 0.1) is 6.04 Å². The van der Waals surface area contributed by atoms with Gasteiger partial charge in [-0.1, -0.05) is 36.4 Å². The average molecular weight is 351 g/mol. The van der Waals surface area contributed by atoms with Gasteiger partial charge in [0, 0.05) is 38.4 Å². The zero-order chi connectivity index (χ0) is 18.0. The van der Waals surface area contributed by atoms with Gasteiger partial charge in [-0.2, -0.15) is 0 Å². The molecule has 5 nitrogen and oxygen atoms in total. The van der Waals surface area contributed by atoms with E-state index in [-0.39, 0.29) is 0 Å². The number of guanidine groups is 1. The summed E-state index contributed by atoms with van der Waals surface area (Å²) in [7, 11) is 1.82. The molecule has 1 fully saturated rings. The van der Waals surface area contributed by atoms with Gasteiger partial charge in [-0.3, -0.25) is 14.9 Å². The molecule has 0 spiro atoms. The Bertz CT molecular complexity index is 665. The average Bonchev–Trinajstić information content (AvgIpc) is 3.23. The van der Waals surface area contributed by atoms with E-state index in [1.807, 2.05) is 25.4 Å². The fourth-order valence-electron chi connectivity index (χ4n) is 3.46. The van der Waals surface area contributed by atoms with Crippen LogP contribution in [0.4, 0.5) is 0 Å². The first-order valence-corrected chi connectivity index (χ1v) is 9.50. The van der Waals surface area contributed by atoms with E-state index >= 15 is 0 Å². The summed E-state index contributed by atoms with van der Waals surface area (Å²) in [6.45, 7) is 4.02. The van der Waals surface area contributed by atoms with Gasteiger partial charge in [0.1, 0.15) is 0 Å². The van der Waals surface area contributed by atoms with Crippen LogP contribution in [0.2, 0.25) is 0 Å². The molecule has 0 amide bonds. The first kappa shape index (κ1) is 18.4. The highest BCUT2D eigenvalue weighted by Gasteiger charge is 2.23. The minimum absolute atomic E-state index is 0.382. The number of aliphatic imine (C=N–C) groups is 1. The fourth-order valence-corrected chi connectivity index (χ4v) is 3.46. The lowest BCUT2D eigenvalue weighted by Gasteiger charge is -2.29. The Labute approximate surface area is 156 Å². The van der Waals surface area contributed by atoms with Crippen LogP contribution in [0.25, 0.3) is 0 Å². The van der Waals surface area contributed by atoms with Crippen molar-refractivity contribution in [2.45, 2.75) is 25.3 Å². The maximum atomic E-state index is 4.37. The van der Waals surface area contributed by atoms with E-state index < -0.39 is 0 Å². The van der Waals surface area contributed by atoms with Gasteiger partial charge in [0.15, 0.2) is 5.96 Å². The minimum Gasteiger partial charge on any atom is -0.356 e.